The SMILES string of the molecule is [2H]c1c([2H])c([2H])c2c(c1[2H])c1c([2H])c([2H])c([2H])c([2H])c1n2-c1cc(-c2nc(-c3ccccc3)nc(-c3ccc(-c4cccc5c4sc4cncnc45)cc3)n2)ccc1-c1ccccc1. The maximum atomic E-state index is 9.21. The van der Waals surface area contributed by atoms with Crippen LogP contribution in [0.5, 0.6) is 0 Å². The molecule has 4 heterocycles. The van der Waals surface area contributed by atoms with Crippen LogP contribution in [-0.4, -0.2) is 29.5 Å². The Morgan fingerprint density at radius 2 is 1.07 bits per heavy atom. The molecule has 0 amide bonds. The van der Waals surface area contributed by atoms with Crippen LogP contribution < -0.4 is 0 Å². The lowest BCUT2D eigenvalue weighted by molar-refractivity contribution is 1.07. The predicted molar refractivity (Wildman–Crippen MR) is 230 cm³/mol. The van der Waals surface area contributed by atoms with Gasteiger partial charge in [0.1, 0.15) is 6.33 Å². The van der Waals surface area contributed by atoms with Crippen LogP contribution in [0.15, 0.2) is 182 Å². The van der Waals surface area contributed by atoms with E-state index in [0.29, 0.717) is 34.3 Å². The molecule has 4 aromatic heterocycles. The van der Waals surface area contributed by atoms with E-state index in [2.05, 4.69) is 22.1 Å². The predicted octanol–water partition coefficient (Wildman–Crippen LogP) is 12.5. The van der Waals surface area contributed by atoms with Gasteiger partial charge in [0.05, 0.1) is 37.9 Å². The number of para-hydroxylation sites is 2. The molecule has 56 heavy (non-hydrogen) atoms. The third-order valence-electron chi connectivity index (χ3n) is 9.90. The molecule has 0 atom stereocenters. The van der Waals surface area contributed by atoms with E-state index < -0.39 is 36.3 Å². The number of benzene rings is 7. The lowest BCUT2D eigenvalue weighted by Gasteiger charge is -2.16. The minimum absolute atomic E-state index is 0.00747. The van der Waals surface area contributed by atoms with E-state index in [1.165, 1.54) is 4.57 Å². The molecule has 0 fully saturated rings. The van der Waals surface area contributed by atoms with Crippen LogP contribution in [-0.2, 0) is 0 Å². The van der Waals surface area contributed by atoms with Crippen LogP contribution >= 0.6 is 11.3 Å². The minimum Gasteiger partial charge on any atom is -0.309 e. The summed E-state index contributed by atoms with van der Waals surface area (Å²) in [6.07, 6.45) is 3.41. The zero-order valence-corrected chi connectivity index (χ0v) is 30.1. The second-order valence-corrected chi connectivity index (χ2v) is 14.2. The van der Waals surface area contributed by atoms with Gasteiger partial charge in [-0.25, -0.2) is 24.9 Å². The number of fused-ring (bicyclic) bond motifs is 6. The first kappa shape index (κ1) is 24.9. The molecule has 7 heteroatoms. The zero-order valence-electron chi connectivity index (χ0n) is 37.3. The van der Waals surface area contributed by atoms with Gasteiger partial charge in [-0.2, -0.15) is 0 Å². The number of nitrogens with zero attached hydrogens (tertiary/aromatic N) is 6. The van der Waals surface area contributed by atoms with Crippen LogP contribution in [0.25, 0.3) is 104 Å². The summed E-state index contributed by atoms with van der Waals surface area (Å²) in [6, 6.07) is 35.3. The third-order valence-corrected chi connectivity index (χ3v) is 11.1. The fraction of sp³-hybridized carbons (Fsp3) is 0. The standard InChI is InChI=1S/C49H30N6S/c1-3-12-31(13-4-1)36-27-26-35(28-43(36)55-41-20-9-7-16-38(41)39-17-8-10-21-42(39)55)49-53-47(33-14-5-2-6-15-33)52-48(54-49)34-24-22-32(23-25-34)37-18-11-19-40-45-44(56-46(37)40)29-50-30-51-45/h1-30H/i7D,8D,9D,10D,16D,17D,20D,21D. The molecule has 0 saturated carbocycles. The maximum Gasteiger partial charge on any atom is 0.164 e. The molecule has 0 aliphatic heterocycles. The average Bonchev–Trinajstić information content (AvgIpc) is 3.91. The largest absolute Gasteiger partial charge is 0.309 e. The van der Waals surface area contributed by atoms with Gasteiger partial charge in [0, 0.05) is 49.3 Å². The molecular formula is C49H30N6S. The Morgan fingerprint density at radius 1 is 0.500 bits per heavy atom. The van der Waals surface area contributed by atoms with Crippen molar-refractivity contribution in [3.05, 3.63) is 182 Å². The molecule has 0 unspecified atom stereocenters. The molecule has 0 N–H and O–H groups in total. The van der Waals surface area contributed by atoms with Gasteiger partial charge in [-0.1, -0.05) is 152 Å². The molecule has 0 saturated heterocycles. The van der Waals surface area contributed by atoms with Crippen molar-refractivity contribution in [1.29, 1.82) is 0 Å². The first-order valence-electron chi connectivity index (χ1n) is 21.8. The number of hydrogen-bond donors (Lipinski definition) is 0. The van der Waals surface area contributed by atoms with Crippen molar-refractivity contribution in [3.63, 3.8) is 0 Å². The van der Waals surface area contributed by atoms with E-state index in [4.69, 9.17) is 23.2 Å². The quantitative estimate of drug-likeness (QED) is 0.170. The van der Waals surface area contributed by atoms with Crippen LogP contribution in [0, 0.1) is 0 Å². The van der Waals surface area contributed by atoms with E-state index >= 15 is 0 Å². The summed E-state index contributed by atoms with van der Waals surface area (Å²) in [5, 5.41) is 1.05. The van der Waals surface area contributed by atoms with Crippen molar-refractivity contribution in [1.82, 2.24) is 29.5 Å². The van der Waals surface area contributed by atoms with Gasteiger partial charge in [-0.15, -0.1) is 11.3 Å². The van der Waals surface area contributed by atoms with Crippen LogP contribution in [0.3, 0.4) is 0 Å². The molecule has 0 aliphatic rings. The summed E-state index contributed by atoms with van der Waals surface area (Å²) in [5.74, 6) is 1.16. The molecule has 0 aliphatic carbocycles. The Morgan fingerprint density at radius 3 is 1.77 bits per heavy atom. The Balaban J connectivity index is 1.14. The highest BCUT2D eigenvalue weighted by Gasteiger charge is 2.19. The van der Waals surface area contributed by atoms with Gasteiger partial charge < -0.3 is 4.57 Å². The Bertz CT molecular complexity index is 3630. The Kier molecular flexibility index (Phi) is 5.86. The van der Waals surface area contributed by atoms with Crippen molar-refractivity contribution in [2.24, 2.45) is 0 Å². The molecule has 0 spiro atoms. The number of thiophene rings is 1. The summed E-state index contributed by atoms with van der Waals surface area (Å²) >= 11 is 1.65. The van der Waals surface area contributed by atoms with Crippen molar-refractivity contribution < 1.29 is 11.0 Å². The minimum atomic E-state index is -0.507. The van der Waals surface area contributed by atoms with Crippen LogP contribution in [0.2, 0.25) is 0 Å². The fourth-order valence-corrected chi connectivity index (χ4v) is 8.46. The van der Waals surface area contributed by atoms with Gasteiger partial charge >= 0.3 is 0 Å². The van der Waals surface area contributed by atoms with Crippen molar-refractivity contribution in [2.45, 2.75) is 0 Å². The van der Waals surface area contributed by atoms with E-state index in [9.17, 15) is 2.74 Å². The van der Waals surface area contributed by atoms with Gasteiger partial charge in [0.25, 0.3) is 0 Å². The van der Waals surface area contributed by atoms with Gasteiger partial charge in [0.2, 0.25) is 0 Å². The zero-order chi connectivity index (χ0) is 44.0. The summed E-state index contributed by atoms with van der Waals surface area (Å²) in [5.41, 5.74) is 6.87. The van der Waals surface area contributed by atoms with Gasteiger partial charge in [-0.05, 0) is 34.8 Å². The maximum absolute atomic E-state index is 9.21. The van der Waals surface area contributed by atoms with Gasteiger partial charge in [0.15, 0.2) is 17.5 Å². The van der Waals surface area contributed by atoms with Crippen LogP contribution in [0.1, 0.15) is 11.0 Å². The topological polar surface area (TPSA) is 69.4 Å². The smallest absolute Gasteiger partial charge is 0.164 e. The van der Waals surface area contributed by atoms with E-state index in [1.807, 2.05) is 109 Å². The van der Waals surface area contributed by atoms with Gasteiger partial charge in [-0.3, -0.25) is 0 Å². The van der Waals surface area contributed by atoms with E-state index in [-0.39, 0.29) is 33.9 Å². The number of rotatable bonds is 6. The Hall–Kier alpha value is -7.35. The normalized spacial score (nSPS) is 13.6. The molecule has 0 radical (unpaired) electrons. The first-order valence-corrected chi connectivity index (χ1v) is 18.6. The number of hydrogen-bond acceptors (Lipinski definition) is 6. The van der Waals surface area contributed by atoms with Crippen LogP contribution in [0.4, 0.5) is 0 Å². The highest BCUT2D eigenvalue weighted by molar-refractivity contribution is 7.26. The summed E-state index contributed by atoms with van der Waals surface area (Å²) < 4.78 is 74.7. The molecular weight excluding hydrogens is 705 g/mol. The lowest BCUT2D eigenvalue weighted by Crippen LogP contribution is -2.02. The van der Waals surface area contributed by atoms with E-state index in [1.54, 1.807) is 23.7 Å². The molecule has 11 rings (SSSR count). The monoisotopic (exact) mass is 742 g/mol. The fourth-order valence-electron chi connectivity index (χ4n) is 7.29. The molecule has 7 aromatic carbocycles. The third kappa shape index (κ3) is 5.36. The summed E-state index contributed by atoms with van der Waals surface area (Å²) in [6.45, 7) is 0. The molecule has 0 bridgehead atoms. The highest BCUT2D eigenvalue weighted by atomic mass is 32.1. The number of aromatic nitrogens is 6. The molecule has 6 nitrogen and oxygen atoms in total. The van der Waals surface area contributed by atoms with E-state index in [0.717, 1.165) is 48.1 Å². The Labute approximate surface area is 337 Å². The summed E-state index contributed by atoms with van der Waals surface area (Å²) in [4.78, 5) is 23.8. The second-order valence-electron chi connectivity index (χ2n) is 13.2. The lowest BCUT2D eigenvalue weighted by atomic mass is 10.0. The van der Waals surface area contributed by atoms with Crippen molar-refractivity contribution in [2.75, 3.05) is 0 Å². The average molecular weight is 743 g/mol. The first-order chi connectivity index (χ1) is 31.1. The molecule has 262 valence electrons. The second kappa shape index (κ2) is 13.2. The highest BCUT2D eigenvalue weighted by Crippen LogP contribution is 2.40. The van der Waals surface area contributed by atoms with Crippen molar-refractivity contribution in [3.8, 4) is 62.1 Å². The summed E-state index contributed by atoms with van der Waals surface area (Å²) in [7, 11) is 0. The van der Waals surface area contributed by atoms with Crippen molar-refractivity contribution >= 4 is 53.4 Å². The molecule has 11 aromatic rings.